The largest absolute Gasteiger partial charge is 0.495 e. The number of hydrogen-bond donors (Lipinski definition) is 2. The van der Waals surface area contributed by atoms with Crippen LogP contribution in [0.3, 0.4) is 0 Å². The van der Waals surface area contributed by atoms with E-state index in [4.69, 9.17) is 9.47 Å². The fourth-order valence-corrected chi connectivity index (χ4v) is 4.75. The molecule has 4 rings (SSSR count). The van der Waals surface area contributed by atoms with Crippen LogP contribution in [0.4, 0.5) is 4.39 Å². The third-order valence-electron chi connectivity index (χ3n) is 6.39. The Morgan fingerprint density at radius 1 is 1.11 bits per heavy atom. The maximum absolute atomic E-state index is 14.2. The zero-order chi connectivity index (χ0) is 25.1. The van der Waals surface area contributed by atoms with E-state index in [9.17, 15) is 9.18 Å². The highest BCUT2D eigenvalue weighted by molar-refractivity contribution is 7.80. The van der Waals surface area contributed by atoms with E-state index >= 15 is 0 Å². The number of halogens is 1. The smallest absolute Gasteiger partial charge is 0.224 e. The number of allylic oxidation sites excluding steroid dienone is 3. The molecule has 0 radical (unpaired) electrons. The number of benzene rings is 2. The Morgan fingerprint density at radius 3 is 2.46 bits per heavy atom. The Balaban J connectivity index is 1.61. The lowest BCUT2D eigenvalue weighted by Gasteiger charge is -2.11. The van der Waals surface area contributed by atoms with Gasteiger partial charge in [0.25, 0.3) is 0 Å². The lowest BCUT2D eigenvalue weighted by molar-refractivity contribution is -0.120. The summed E-state index contributed by atoms with van der Waals surface area (Å²) in [5.74, 6) is 0.852. The molecule has 0 fully saturated rings. The van der Waals surface area contributed by atoms with Gasteiger partial charge in [0.15, 0.2) is 0 Å². The summed E-state index contributed by atoms with van der Waals surface area (Å²) in [5.41, 5.74) is 6.52. The highest BCUT2D eigenvalue weighted by Gasteiger charge is 2.25. The van der Waals surface area contributed by atoms with Crippen LogP contribution >= 0.6 is 12.6 Å². The van der Waals surface area contributed by atoms with Gasteiger partial charge in [-0.2, -0.15) is 0 Å². The first-order valence-corrected chi connectivity index (χ1v) is 11.8. The van der Waals surface area contributed by atoms with E-state index in [0.29, 0.717) is 29.4 Å². The molecule has 1 aliphatic rings. The Kier molecular flexibility index (Phi) is 7.36. The second kappa shape index (κ2) is 10.4. The van der Waals surface area contributed by atoms with Gasteiger partial charge in [-0.1, -0.05) is 12.1 Å². The molecule has 35 heavy (non-hydrogen) atoms. The number of fused-ring (bicyclic) bond motifs is 1. The first-order valence-electron chi connectivity index (χ1n) is 11.3. The van der Waals surface area contributed by atoms with E-state index in [1.54, 1.807) is 20.3 Å². The topological polar surface area (TPSA) is 52.5 Å². The van der Waals surface area contributed by atoms with E-state index in [2.05, 4.69) is 24.0 Å². The van der Waals surface area contributed by atoms with E-state index in [0.717, 1.165) is 39.1 Å². The van der Waals surface area contributed by atoms with Gasteiger partial charge in [-0.05, 0) is 83.2 Å². The summed E-state index contributed by atoms with van der Waals surface area (Å²) >= 11 is 4.47. The van der Waals surface area contributed by atoms with E-state index in [1.807, 2.05) is 49.0 Å². The van der Waals surface area contributed by atoms with E-state index in [1.165, 1.54) is 12.1 Å². The number of carbonyl (C=O) groups excluding carboxylic acids is 1. The average molecular weight is 493 g/mol. The lowest BCUT2D eigenvalue weighted by Crippen LogP contribution is -2.23. The molecule has 3 aromatic rings. The Labute approximate surface area is 210 Å². The van der Waals surface area contributed by atoms with Crippen molar-refractivity contribution in [2.75, 3.05) is 14.2 Å². The lowest BCUT2D eigenvalue weighted by atomic mass is 10.0. The van der Waals surface area contributed by atoms with Crippen molar-refractivity contribution in [3.63, 3.8) is 0 Å². The number of hydrogen-bond acceptors (Lipinski definition) is 4. The number of nitrogens with one attached hydrogen (secondary N) is 1. The Bertz CT molecular complexity index is 1310. The van der Waals surface area contributed by atoms with Crippen molar-refractivity contribution >= 4 is 29.7 Å². The first kappa shape index (κ1) is 24.7. The molecular weight excluding hydrogens is 463 g/mol. The highest BCUT2D eigenvalue weighted by atomic mass is 32.1. The van der Waals surface area contributed by atoms with Crippen molar-refractivity contribution in [1.29, 1.82) is 0 Å². The number of nitrogens with zero attached hydrogens (tertiary/aromatic N) is 1. The van der Waals surface area contributed by atoms with Gasteiger partial charge in [0.1, 0.15) is 17.3 Å². The predicted molar refractivity (Wildman–Crippen MR) is 139 cm³/mol. The van der Waals surface area contributed by atoms with Gasteiger partial charge in [-0.3, -0.25) is 4.79 Å². The van der Waals surface area contributed by atoms with Gasteiger partial charge < -0.3 is 19.4 Å². The van der Waals surface area contributed by atoms with E-state index < -0.39 is 0 Å². The van der Waals surface area contributed by atoms with E-state index in [-0.39, 0.29) is 18.1 Å². The molecule has 1 amide bonds. The van der Waals surface area contributed by atoms with Crippen LogP contribution in [-0.2, 0) is 24.8 Å². The van der Waals surface area contributed by atoms with Crippen LogP contribution in [0, 0.1) is 5.82 Å². The summed E-state index contributed by atoms with van der Waals surface area (Å²) in [6, 6.07) is 12.5. The zero-order valence-electron chi connectivity index (χ0n) is 20.3. The van der Waals surface area contributed by atoms with Gasteiger partial charge in [-0.25, -0.2) is 4.39 Å². The van der Waals surface area contributed by atoms with Crippen molar-refractivity contribution < 1.29 is 18.7 Å². The number of rotatable bonds is 8. The molecule has 0 aliphatic heterocycles. The van der Waals surface area contributed by atoms with Crippen molar-refractivity contribution in [2.45, 2.75) is 31.2 Å². The third kappa shape index (κ3) is 5.15. The van der Waals surface area contributed by atoms with Gasteiger partial charge in [-0.15, -0.1) is 12.6 Å². The molecule has 1 aromatic heterocycles. The molecule has 1 heterocycles. The van der Waals surface area contributed by atoms with Gasteiger partial charge >= 0.3 is 0 Å². The van der Waals surface area contributed by atoms with Gasteiger partial charge in [0.2, 0.25) is 5.91 Å². The quantitative estimate of drug-likeness (QED) is 0.403. The van der Waals surface area contributed by atoms with Gasteiger partial charge in [0, 0.05) is 18.9 Å². The first-order chi connectivity index (χ1) is 16.8. The van der Waals surface area contributed by atoms with Crippen LogP contribution in [-0.4, -0.2) is 24.7 Å². The van der Waals surface area contributed by atoms with Crippen LogP contribution < -0.4 is 14.8 Å². The SMILES string of the molecule is COc1cc(C/C=C2/C(C)=C(CC(=O)NCc3cccn3C)c3cc(F)ccc32)cc(OC)c1S. The number of methoxy groups -OCH3 is 2. The van der Waals surface area contributed by atoms with Crippen molar-refractivity contribution in [1.82, 2.24) is 9.88 Å². The van der Waals surface area contributed by atoms with Crippen LogP contribution in [0.2, 0.25) is 0 Å². The summed E-state index contributed by atoms with van der Waals surface area (Å²) in [4.78, 5) is 13.4. The summed E-state index contributed by atoms with van der Waals surface area (Å²) in [6.45, 7) is 2.43. The van der Waals surface area contributed by atoms with Crippen molar-refractivity contribution in [2.24, 2.45) is 7.05 Å². The zero-order valence-corrected chi connectivity index (χ0v) is 21.2. The van der Waals surface area contributed by atoms with Crippen LogP contribution in [0.25, 0.3) is 11.1 Å². The summed E-state index contributed by atoms with van der Waals surface area (Å²) < 4.78 is 27.0. The Morgan fingerprint density at radius 2 is 1.83 bits per heavy atom. The van der Waals surface area contributed by atoms with Crippen molar-refractivity contribution in [3.05, 3.63) is 88.5 Å². The summed E-state index contributed by atoms with van der Waals surface area (Å²) in [6.07, 6.45) is 4.83. The molecule has 182 valence electrons. The minimum absolute atomic E-state index is 0.101. The molecule has 2 aromatic carbocycles. The monoisotopic (exact) mass is 492 g/mol. The number of thiol groups is 1. The number of amides is 1. The molecule has 0 atom stereocenters. The number of carbonyl (C=O) groups is 1. The van der Waals surface area contributed by atoms with Gasteiger partial charge in [0.05, 0.1) is 32.1 Å². The molecule has 0 saturated heterocycles. The molecule has 7 heteroatoms. The molecule has 0 unspecified atom stereocenters. The molecule has 1 aliphatic carbocycles. The normalized spacial score (nSPS) is 13.8. The standard InChI is InChI=1S/C28H29FN2O3S/c1-17-21(9-7-18-12-25(33-3)28(35)26(13-18)34-4)22-10-8-19(29)14-24(22)23(17)15-27(32)30-16-20-6-5-11-31(20)2/h5-6,8-14,35H,7,15-16H2,1-4H3,(H,30,32)/b21-9-. The minimum atomic E-state index is -0.321. The third-order valence-corrected chi connectivity index (χ3v) is 6.83. The maximum atomic E-state index is 14.2. The average Bonchev–Trinajstić information content (AvgIpc) is 3.37. The predicted octanol–water partition coefficient (Wildman–Crippen LogP) is 5.59. The van der Waals surface area contributed by atoms with Crippen LogP contribution in [0.15, 0.2) is 65.2 Å². The Hall–Kier alpha value is -3.45. The number of ether oxygens (including phenoxy) is 2. The maximum Gasteiger partial charge on any atom is 0.224 e. The fourth-order valence-electron chi connectivity index (χ4n) is 4.44. The summed E-state index contributed by atoms with van der Waals surface area (Å²) in [7, 11) is 5.14. The fraction of sp³-hybridized carbons (Fsp3) is 0.250. The molecular formula is C28H29FN2O3S. The molecule has 0 saturated carbocycles. The molecule has 0 bridgehead atoms. The minimum Gasteiger partial charge on any atom is -0.495 e. The molecule has 0 spiro atoms. The molecule has 1 N–H and O–H groups in total. The van der Waals surface area contributed by atoms with Crippen LogP contribution in [0.5, 0.6) is 11.5 Å². The highest BCUT2D eigenvalue weighted by Crippen LogP contribution is 2.43. The second-order valence-corrected chi connectivity index (χ2v) is 8.98. The summed E-state index contributed by atoms with van der Waals surface area (Å²) in [5, 5.41) is 2.98. The molecule has 5 nitrogen and oxygen atoms in total. The van der Waals surface area contributed by atoms with Crippen LogP contribution in [0.1, 0.15) is 35.7 Å². The number of aryl methyl sites for hydroxylation is 1. The van der Waals surface area contributed by atoms with Crippen molar-refractivity contribution in [3.8, 4) is 11.5 Å². The second-order valence-electron chi connectivity index (χ2n) is 8.53. The number of aromatic nitrogens is 1.